The number of hydrogen-bond donors (Lipinski definition) is 1. The standard InChI is InChI=1S/C17H23N3O/c1-17(2)12-20(8-9-21-17)16-10-13(11-18-3)14-6-4-5-7-15(14)19-16/h4-7,10,18H,8-9,11-12H2,1-3H3. The van der Waals surface area contributed by atoms with Gasteiger partial charge in [0.1, 0.15) is 5.82 Å². The van der Waals surface area contributed by atoms with E-state index in [2.05, 4.69) is 48.3 Å². The predicted molar refractivity (Wildman–Crippen MR) is 86.8 cm³/mol. The molecule has 3 rings (SSSR count). The first-order valence-corrected chi connectivity index (χ1v) is 7.51. The quantitative estimate of drug-likeness (QED) is 0.940. The monoisotopic (exact) mass is 285 g/mol. The second kappa shape index (κ2) is 5.62. The fourth-order valence-electron chi connectivity index (χ4n) is 2.94. The molecule has 0 radical (unpaired) electrons. The van der Waals surface area contributed by atoms with Crippen molar-refractivity contribution in [2.45, 2.75) is 26.0 Å². The summed E-state index contributed by atoms with van der Waals surface area (Å²) < 4.78 is 5.80. The van der Waals surface area contributed by atoms with Crippen molar-refractivity contribution in [1.29, 1.82) is 0 Å². The molecule has 1 aliphatic heterocycles. The number of benzene rings is 1. The van der Waals surface area contributed by atoms with Crippen LogP contribution >= 0.6 is 0 Å². The number of pyridine rings is 1. The zero-order valence-corrected chi connectivity index (χ0v) is 13.0. The Bertz CT molecular complexity index is 639. The number of nitrogens with zero attached hydrogens (tertiary/aromatic N) is 2. The Morgan fingerprint density at radius 2 is 2.14 bits per heavy atom. The van der Waals surface area contributed by atoms with Crippen LogP contribution in [0.25, 0.3) is 10.9 Å². The van der Waals surface area contributed by atoms with E-state index in [0.29, 0.717) is 0 Å². The van der Waals surface area contributed by atoms with Gasteiger partial charge in [0.2, 0.25) is 0 Å². The third-order valence-corrected chi connectivity index (χ3v) is 3.91. The topological polar surface area (TPSA) is 37.4 Å². The summed E-state index contributed by atoms with van der Waals surface area (Å²) in [5, 5.41) is 4.48. The highest BCUT2D eigenvalue weighted by Crippen LogP contribution is 2.26. The van der Waals surface area contributed by atoms with Crippen molar-refractivity contribution in [3.8, 4) is 0 Å². The summed E-state index contributed by atoms with van der Waals surface area (Å²) in [4.78, 5) is 7.18. The first-order chi connectivity index (χ1) is 10.1. The maximum absolute atomic E-state index is 5.80. The Kier molecular flexibility index (Phi) is 3.83. The molecule has 0 amide bonds. The smallest absolute Gasteiger partial charge is 0.129 e. The van der Waals surface area contributed by atoms with Gasteiger partial charge in [-0.25, -0.2) is 4.98 Å². The highest BCUT2D eigenvalue weighted by molar-refractivity contribution is 5.84. The average molecular weight is 285 g/mol. The summed E-state index contributed by atoms with van der Waals surface area (Å²) >= 11 is 0. The van der Waals surface area contributed by atoms with E-state index in [4.69, 9.17) is 9.72 Å². The van der Waals surface area contributed by atoms with Gasteiger partial charge in [-0.05, 0) is 38.6 Å². The van der Waals surface area contributed by atoms with Gasteiger partial charge in [-0.2, -0.15) is 0 Å². The summed E-state index contributed by atoms with van der Waals surface area (Å²) in [6.07, 6.45) is 0. The van der Waals surface area contributed by atoms with Crippen LogP contribution in [0.3, 0.4) is 0 Å². The number of nitrogens with one attached hydrogen (secondary N) is 1. The molecule has 0 aliphatic carbocycles. The van der Waals surface area contributed by atoms with E-state index in [1.54, 1.807) is 0 Å². The Morgan fingerprint density at radius 3 is 2.90 bits per heavy atom. The minimum absolute atomic E-state index is 0.116. The van der Waals surface area contributed by atoms with Crippen molar-refractivity contribution >= 4 is 16.7 Å². The van der Waals surface area contributed by atoms with Gasteiger partial charge < -0.3 is 15.0 Å². The fraction of sp³-hybridized carbons (Fsp3) is 0.471. The summed E-state index contributed by atoms with van der Waals surface area (Å²) in [5.41, 5.74) is 2.24. The van der Waals surface area contributed by atoms with Gasteiger partial charge in [-0.1, -0.05) is 18.2 Å². The van der Waals surface area contributed by atoms with Crippen LogP contribution in [-0.2, 0) is 11.3 Å². The van der Waals surface area contributed by atoms with E-state index in [1.807, 2.05) is 13.1 Å². The highest BCUT2D eigenvalue weighted by Gasteiger charge is 2.28. The molecule has 21 heavy (non-hydrogen) atoms. The minimum Gasteiger partial charge on any atom is -0.372 e. The number of hydrogen-bond acceptors (Lipinski definition) is 4. The zero-order chi connectivity index (χ0) is 14.9. The van der Waals surface area contributed by atoms with Crippen LogP contribution in [0.2, 0.25) is 0 Å². The number of morpholine rings is 1. The van der Waals surface area contributed by atoms with Crippen LogP contribution in [0.5, 0.6) is 0 Å². The third-order valence-electron chi connectivity index (χ3n) is 3.91. The van der Waals surface area contributed by atoms with Crippen molar-refractivity contribution in [1.82, 2.24) is 10.3 Å². The number of anilines is 1. The Morgan fingerprint density at radius 1 is 1.33 bits per heavy atom. The molecule has 1 aliphatic rings. The van der Waals surface area contributed by atoms with Crippen molar-refractivity contribution in [3.05, 3.63) is 35.9 Å². The lowest BCUT2D eigenvalue weighted by Gasteiger charge is -2.39. The normalized spacial score (nSPS) is 18.1. The molecule has 112 valence electrons. The van der Waals surface area contributed by atoms with Gasteiger partial charge in [0.05, 0.1) is 17.7 Å². The molecule has 2 heterocycles. The molecule has 0 atom stereocenters. The van der Waals surface area contributed by atoms with Gasteiger partial charge in [0, 0.05) is 25.0 Å². The number of para-hydroxylation sites is 1. The van der Waals surface area contributed by atoms with Gasteiger partial charge >= 0.3 is 0 Å². The molecular weight excluding hydrogens is 262 g/mol. The van der Waals surface area contributed by atoms with Gasteiger partial charge in [-0.15, -0.1) is 0 Å². The van der Waals surface area contributed by atoms with E-state index in [1.165, 1.54) is 10.9 Å². The summed E-state index contributed by atoms with van der Waals surface area (Å²) in [5.74, 6) is 1.05. The maximum Gasteiger partial charge on any atom is 0.129 e. The van der Waals surface area contributed by atoms with Gasteiger partial charge in [-0.3, -0.25) is 0 Å². The van der Waals surface area contributed by atoms with E-state index >= 15 is 0 Å². The number of rotatable bonds is 3. The molecule has 0 bridgehead atoms. The molecular formula is C17H23N3O. The molecule has 0 saturated carbocycles. The lowest BCUT2D eigenvalue weighted by molar-refractivity contribution is -0.0279. The van der Waals surface area contributed by atoms with E-state index in [-0.39, 0.29) is 5.60 Å². The van der Waals surface area contributed by atoms with Gasteiger partial charge in [0.15, 0.2) is 0 Å². The minimum atomic E-state index is -0.116. The van der Waals surface area contributed by atoms with Crippen LogP contribution in [-0.4, -0.2) is 37.3 Å². The largest absolute Gasteiger partial charge is 0.372 e. The van der Waals surface area contributed by atoms with Crippen molar-refractivity contribution in [2.75, 3.05) is 31.6 Å². The van der Waals surface area contributed by atoms with Crippen molar-refractivity contribution in [2.24, 2.45) is 0 Å². The van der Waals surface area contributed by atoms with Crippen LogP contribution < -0.4 is 10.2 Å². The molecule has 0 spiro atoms. The molecule has 2 aromatic rings. The highest BCUT2D eigenvalue weighted by atomic mass is 16.5. The number of aromatic nitrogens is 1. The van der Waals surface area contributed by atoms with E-state index < -0.39 is 0 Å². The van der Waals surface area contributed by atoms with Crippen molar-refractivity contribution in [3.63, 3.8) is 0 Å². The number of fused-ring (bicyclic) bond motifs is 1. The van der Waals surface area contributed by atoms with E-state index in [0.717, 1.165) is 37.6 Å². The van der Waals surface area contributed by atoms with Crippen LogP contribution in [0.4, 0.5) is 5.82 Å². The molecule has 1 aromatic heterocycles. The molecule has 1 aromatic carbocycles. The first-order valence-electron chi connectivity index (χ1n) is 7.51. The Hall–Kier alpha value is -1.65. The second-order valence-corrected chi connectivity index (χ2v) is 6.22. The SMILES string of the molecule is CNCc1cc(N2CCOC(C)(C)C2)nc2ccccc12. The van der Waals surface area contributed by atoms with Crippen LogP contribution in [0, 0.1) is 0 Å². The Labute approximate surface area is 126 Å². The fourth-order valence-corrected chi connectivity index (χ4v) is 2.94. The van der Waals surface area contributed by atoms with E-state index in [9.17, 15) is 0 Å². The molecule has 0 unspecified atom stereocenters. The molecule has 1 saturated heterocycles. The third kappa shape index (κ3) is 3.01. The van der Waals surface area contributed by atoms with Gasteiger partial charge in [0.25, 0.3) is 0 Å². The summed E-state index contributed by atoms with van der Waals surface area (Å²) in [6, 6.07) is 10.6. The lowest BCUT2D eigenvalue weighted by Crippen LogP contribution is -2.48. The molecule has 1 fully saturated rings. The maximum atomic E-state index is 5.80. The number of ether oxygens (including phenoxy) is 1. The molecule has 4 heteroatoms. The summed E-state index contributed by atoms with van der Waals surface area (Å²) in [6.45, 7) is 7.64. The predicted octanol–water partition coefficient (Wildman–Crippen LogP) is 2.57. The van der Waals surface area contributed by atoms with Crippen LogP contribution in [0.15, 0.2) is 30.3 Å². The van der Waals surface area contributed by atoms with Crippen LogP contribution in [0.1, 0.15) is 19.4 Å². The second-order valence-electron chi connectivity index (χ2n) is 6.22. The Balaban J connectivity index is 2.02. The first kappa shape index (κ1) is 14.3. The molecule has 1 N–H and O–H groups in total. The average Bonchev–Trinajstić information content (AvgIpc) is 2.46. The van der Waals surface area contributed by atoms with Crippen molar-refractivity contribution < 1.29 is 4.74 Å². The molecule has 4 nitrogen and oxygen atoms in total. The summed E-state index contributed by atoms with van der Waals surface area (Å²) in [7, 11) is 1.98. The zero-order valence-electron chi connectivity index (χ0n) is 13.0. The lowest BCUT2D eigenvalue weighted by atomic mass is 10.1.